The van der Waals surface area contributed by atoms with Crippen molar-refractivity contribution < 1.29 is 4.79 Å². The van der Waals surface area contributed by atoms with Gasteiger partial charge in [0.2, 0.25) is 11.9 Å². The Morgan fingerprint density at radius 1 is 1.08 bits per heavy atom. The van der Waals surface area contributed by atoms with Crippen LogP contribution in [-0.4, -0.2) is 35.5 Å². The van der Waals surface area contributed by atoms with Crippen LogP contribution in [0, 0.1) is 20.8 Å². The molecule has 2 N–H and O–H groups in total. The number of nitrogen functional groups attached to an aromatic ring is 1. The molecule has 2 aromatic rings. The smallest absolute Gasteiger partial charge is 0.246 e. The first kappa shape index (κ1) is 17.2. The molecule has 2 heterocycles. The van der Waals surface area contributed by atoms with Crippen molar-refractivity contribution in [3.63, 3.8) is 0 Å². The second-order valence-corrected chi connectivity index (χ2v) is 6.64. The highest BCUT2D eigenvalue weighted by Crippen LogP contribution is 2.26. The second-order valence-electron chi connectivity index (χ2n) is 6.64. The van der Waals surface area contributed by atoms with Crippen LogP contribution in [-0.2, 0) is 11.2 Å². The third kappa shape index (κ3) is 3.43. The summed E-state index contributed by atoms with van der Waals surface area (Å²) in [5.41, 5.74) is 11.1. The highest BCUT2D eigenvalue weighted by atomic mass is 16.2. The maximum Gasteiger partial charge on any atom is 0.246 e. The summed E-state index contributed by atoms with van der Waals surface area (Å²) in [7, 11) is 0. The third-order valence-corrected chi connectivity index (χ3v) is 4.61. The van der Waals surface area contributed by atoms with E-state index in [1.165, 1.54) is 0 Å². The van der Waals surface area contributed by atoms with Gasteiger partial charge in [-0.1, -0.05) is 13.0 Å². The highest BCUT2D eigenvalue weighted by molar-refractivity contribution is 5.97. The summed E-state index contributed by atoms with van der Waals surface area (Å²) in [6.45, 7) is 9.79. The zero-order valence-corrected chi connectivity index (χ0v) is 15.3. The van der Waals surface area contributed by atoms with E-state index in [0.717, 1.165) is 46.9 Å². The van der Waals surface area contributed by atoms with Gasteiger partial charge >= 0.3 is 0 Å². The van der Waals surface area contributed by atoms with Crippen LogP contribution in [0.4, 0.5) is 17.5 Å². The Kier molecular flexibility index (Phi) is 4.61. The van der Waals surface area contributed by atoms with Gasteiger partial charge in [0.25, 0.3) is 0 Å². The summed E-state index contributed by atoms with van der Waals surface area (Å²) in [5, 5.41) is 0. The highest BCUT2D eigenvalue weighted by Gasteiger charge is 2.27. The zero-order chi connectivity index (χ0) is 18.1. The van der Waals surface area contributed by atoms with E-state index in [1.807, 2.05) is 23.6 Å². The van der Waals surface area contributed by atoms with Crippen LogP contribution in [0.1, 0.15) is 29.3 Å². The molecule has 3 rings (SSSR count). The number of amides is 1. The lowest BCUT2D eigenvalue weighted by Gasteiger charge is -2.36. The summed E-state index contributed by atoms with van der Waals surface area (Å²) in [6.07, 6.45) is 0.794. The van der Waals surface area contributed by atoms with Gasteiger partial charge in [0, 0.05) is 24.3 Å². The van der Waals surface area contributed by atoms with E-state index in [0.29, 0.717) is 13.1 Å². The van der Waals surface area contributed by atoms with E-state index < -0.39 is 0 Å². The van der Waals surface area contributed by atoms with Gasteiger partial charge in [-0.2, -0.15) is 4.98 Å². The summed E-state index contributed by atoms with van der Waals surface area (Å²) >= 11 is 0. The molecular formula is C19H25N5O. The molecule has 0 radical (unpaired) electrons. The molecule has 1 fully saturated rings. The van der Waals surface area contributed by atoms with E-state index in [2.05, 4.69) is 42.0 Å². The monoisotopic (exact) mass is 339 g/mol. The van der Waals surface area contributed by atoms with E-state index in [-0.39, 0.29) is 11.9 Å². The fraction of sp³-hybridized carbons (Fsp3) is 0.421. The predicted molar refractivity (Wildman–Crippen MR) is 101 cm³/mol. The van der Waals surface area contributed by atoms with E-state index in [1.54, 1.807) is 0 Å². The van der Waals surface area contributed by atoms with Crippen LogP contribution >= 0.6 is 0 Å². The Morgan fingerprint density at radius 2 is 1.76 bits per heavy atom. The van der Waals surface area contributed by atoms with Crippen LogP contribution in [0.3, 0.4) is 0 Å². The van der Waals surface area contributed by atoms with Crippen LogP contribution in [0.5, 0.6) is 0 Å². The number of benzene rings is 1. The molecule has 6 heteroatoms. The Labute approximate surface area is 148 Å². The van der Waals surface area contributed by atoms with E-state index in [4.69, 9.17) is 5.73 Å². The van der Waals surface area contributed by atoms with Crippen molar-refractivity contribution in [3.05, 3.63) is 40.6 Å². The van der Waals surface area contributed by atoms with Crippen LogP contribution in [0.25, 0.3) is 0 Å². The van der Waals surface area contributed by atoms with Crippen molar-refractivity contribution >= 4 is 23.4 Å². The molecule has 0 atom stereocenters. The molecule has 1 aliphatic heterocycles. The second kappa shape index (κ2) is 6.70. The first-order chi connectivity index (χ1) is 11.9. The Morgan fingerprint density at radius 3 is 2.36 bits per heavy atom. The Balaban J connectivity index is 1.85. The minimum absolute atomic E-state index is 0.0749. The quantitative estimate of drug-likeness (QED) is 0.929. The Hall–Kier alpha value is -2.63. The predicted octanol–water partition coefficient (Wildman–Crippen LogP) is 2.40. The number of carbonyl (C=O) groups is 1. The maximum atomic E-state index is 12.8. The van der Waals surface area contributed by atoms with Crippen molar-refractivity contribution in [3.8, 4) is 0 Å². The number of carbonyl (C=O) groups excluding carboxylic acids is 1. The molecule has 1 aliphatic rings. The molecule has 132 valence electrons. The molecule has 1 aromatic heterocycles. The van der Waals surface area contributed by atoms with E-state index >= 15 is 0 Å². The molecule has 1 aromatic carbocycles. The molecular weight excluding hydrogens is 314 g/mol. The van der Waals surface area contributed by atoms with Crippen molar-refractivity contribution in [1.82, 2.24) is 9.97 Å². The fourth-order valence-corrected chi connectivity index (χ4v) is 3.45. The number of hydrogen-bond donors (Lipinski definition) is 1. The number of aromatic nitrogens is 2. The number of hydrogen-bond acceptors (Lipinski definition) is 5. The molecule has 0 bridgehead atoms. The Bertz CT molecular complexity index is 797. The molecule has 6 nitrogen and oxygen atoms in total. The number of nitrogens with two attached hydrogens (primary N) is 1. The van der Waals surface area contributed by atoms with Crippen LogP contribution < -0.4 is 15.5 Å². The number of aryl methyl sites for hydroxylation is 3. The van der Waals surface area contributed by atoms with Crippen LogP contribution in [0.2, 0.25) is 0 Å². The number of anilines is 3. The summed E-state index contributed by atoms with van der Waals surface area (Å²) in [6, 6.07) is 6.23. The van der Waals surface area contributed by atoms with Crippen molar-refractivity contribution in [2.75, 3.05) is 35.2 Å². The average Bonchev–Trinajstić information content (AvgIpc) is 2.55. The SMILES string of the molecule is CCc1nc(N)nc(N2CCN(c3cc(C)cc(C)c3)C(=O)C2)c1C. The largest absolute Gasteiger partial charge is 0.368 e. The van der Waals surface area contributed by atoms with Crippen molar-refractivity contribution in [2.45, 2.75) is 34.1 Å². The van der Waals surface area contributed by atoms with Gasteiger partial charge in [0.1, 0.15) is 5.82 Å². The molecule has 0 aliphatic carbocycles. The van der Waals surface area contributed by atoms with E-state index in [9.17, 15) is 4.79 Å². The number of rotatable bonds is 3. The molecule has 25 heavy (non-hydrogen) atoms. The zero-order valence-electron chi connectivity index (χ0n) is 15.3. The van der Waals surface area contributed by atoms with Crippen molar-refractivity contribution in [1.29, 1.82) is 0 Å². The third-order valence-electron chi connectivity index (χ3n) is 4.61. The average molecular weight is 339 g/mol. The van der Waals surface area contributed by atoms with Crippen LogP contribution in [0.15, 0.2) is 18.2 Å². The van der Waals surface area contributed by atoms with Crippen molar-refractivity contribution in [2.24, 2.45) is 0 Å². The summed E-state index contributed by atoms with van der Waals surface area (Å²) < 4.78 is 0. The number of nitrogens with zero attached hydrogens (tertiary/aromatic N) is 4. The minimum atomic E-state index is 0.0749. The van der Waals surface area contributed by atoms with Gasteiger partial charge in [0.15, 0.2) is 0 Å². The topological polar surface area (TPSA) is 75.3 Å². The van der Waals surface area contributed by atoms with Gasteiger partial charge in [-0.05, 0) is 50.5 Å². The lowest BCUT2D eigenvalue weighted by atomic mass is 10.1. The molecule has 0 spiro atoms. The molecule has 0 unspecified atom stereocenters. The molecule has 1 saturated heterocycles. The maximum absolute atomic E-state index is 12.8. The lowest BCUT2D eigenvalue weighted by Crippen LogP contribution is -2.51. The van der Waals surface area contributed by atoms with Gasteiger partial charge < -0.3 is 15.5 Å². The normalized spacial score (nSPS) is 15.0. The number of piperazine rings is 1. The van der Waals surface area contributed by atoms with Gasteiger partial charge in [-0.3, -0.25) is 4.79 Å². The first-order valence-electron chi connectivity index (χ1n) is 8.65. The van der Waals surface area contributed by atoms with Gasteiger partial charge in [-0.15, -0.1) is 0 Å². The van der Waals surface area contributed by atoms with Gasteiger partial charge in [-0.25, -0.2) is 4.98 Å². The van der Waals surface area contributed by atoms with Gasteiger partial charge in [0.05, 0.1) is 12.2 Å². The fourth-order valence-electron chi connectivity index (χ4n) is 3.45. The minimum Gasteiger partial charge on any atom is -0.368 e. The summed E-state index contributed by atoms with van der Waals surface area (Å²) in [4.78, 5) is 25.3. The standard InChI is InChI=1S/C19H25N5O/c1-5-16-14(4)18(22-19(20)21-16)23-6-7-24(17(25)11-23)15-9-12(2)8-13(3)10-15/h8-10H,5-7,11H2,1-4H3,(H2,20,21,22). The molecule has 1 amide bonds. The lowest BCUT2D eigenvalue weighted by molar-refractivity contribution is -0.117. The summed E-state index contributed by atoms with van der Waals surface area (Å²) in [5.74, 6) is 1.12. The molecule has 0 saturated carbocycles. The first-order valence-corrected chi connectivity index (χ1v) is 8.65.